The van der Waals surface area contributed by atoms with Crippen LogP contribution in [0.3, 0.4) is 0 Å². The SMILES string of the molecule is O=C(CSc1ccc(F)cc1)Nc1nc(-c2ccc(F)c(F)c2)cs1. The lowest BCUT2D eigenvalue weighted by Gasteiger charge is -2.02. The molecule has 0 radical (unpaired) electrons. The number of anilines is 1. The molecule has 128 valence electrons. The molecule has 0 saturated carbocycles. The summed E-state index contributed by atoms with van der Waals surface area (Å²) >= 11 is 2.46. The third-order valence-electron chi connectivity index (χ3n) is 3.15. The molecule has 1 amide bonds. The molecule has 0 aliphatic carbocycles. The zero-order chi connectivity index (χ0) is 17.8. The zero-order valence-corrected chi connectivity index (χ0v) is 14.3. The van der Waals surface area contributed by atoms with Crippen LogP contribution in [0.5, 0.6) is 0 Å². The zero-order valence-electron chi connectivity index (χ0n) is 12.6. The van der Waals surface area contributed by atoms with Gasteiger partial charge in [0.25, 0.3) is 0 Å². The van der Waals surface area contributed by atoms with Gasteiger partial charge in [-0.15, -0.1) is 23.1 Å². The number of nitrogens with one attached hydrogen (secondary N) is 1. The van der Waals surface area contributed by atoms with E-state index in [-0.39, 0.29) is 17.5 Å². The normalized spacial score (nSPS) is 10.7. The summed E-state index contributed by atoms with van der Waals surface area (Å²) in [6, 6.07) is 9.35. The van der Waals surface area contributed by atoms with Crippen LogP contribution in [0.4, 0.5) is 18.3 Å². The molecule has 0 saturated heterocycles. The lowest BCUT2D eigenvalue weighted by atomic mass is 10.2. The molecule has 2 aromatic carbocycles. The Morgan fingerprint density at radius 3 is 2.56 bits per heavy atom. The van der Waals surface area contributed by atoms with Crippen LogP contribution in [0.2, 0.25) is 0 Å². The van der Waals surface area contributed by atoms with Crippen molar-refractivity contribution >= 4 is 34.1 Å². The average molecular weight is 380 g/mol. The Bertz CT molecular complexity index is 897. The second-order valence-electron chi connectivity index (χ2n) is 4.96. The first-order valence-corrected chi connectivity index (χ1v) is 8.97. The Morgan fingerprint density at radius 2 is 1.84 bits per heavy atom. The van der Waals surface area contributed by atoms with E-state index in [2.05, 4.69) is 10.3 Å². The number of aromatic nitrogens is 1. The van der Waals surface area contributed by atoms with E-state index in [1.165, 1.54) is 41.3 Å². The van der Waals surface area contributed by atoms with Gasteiger partial charge in [0.2, 0.25) is 5.91 Å². The molecule has 3 rings (SSSR count). The Kier molecular flexibility index (Phi) is 5.40. The van der Waals surface area contributed by atoms with E-state index in [4.69, 9.17) is 0 Å². The van der Waals surface area contributed by atoms with Gasteiger partial charge in [-0.05, 0) is 42.5 Å². The first-order valence-electron chi connectivity index (χ1n) is 7.10. The average Bonchev–Trinajstić information content (AvgIpc) is 3.05. The molecule has 1 heterocycles. The van der Waals surface area contributed by atoms with Gasteiger partial charge < -0.3 is 5.32 Å². The number of thioether (sulfide) groups is 1. The molecule has 0 atom stereocenters. The monoisotopic (exact) mass is 380 g/mol. The number of halogens is 3. The molecule has 0 aliphatic rings. The Balaban J connectivity index is 1.59. The van der Waals surface area contributed by atoms with E-state index in [1.54, 1.807) is 17.5 Å². The van der Waals surface area contributed by atoms with Crippen molar-refractivity contribution in [1.29, 1.82) is 0 Å². The molecular formula is C17H11F3N2OS2. The summed E-state index contributed by atoms with van der Waals surface area (Å²) in [5.74, 6) is -2.33. The van der Waals surface area contributed by atoms with Crippen LogP contribution < -0.4 is 5.32 Å². The number of nitrogens with zero attached hydrogens (tertiary/aromatic N) is 1. The summed E-state index contributed by atoms with van der Waals surface area (Å²) < 4.78 is 39.1. The minimum Gasteiger partial charge on any atom is -0.301 e. The molecule has 0 spiro atoms. The van der Waals surface area contributed by atoms with Gasteiger partial charge in [-0.25, -0.2) is 18.2 Å². The van der Waals surface area contributed by atoms with Crippen molar-refractivity contribution in [2.75, 3.05) is 11.1 Å². The van der Waals surface area contributed by atoms with Crippen LogP contribution in [0.15, 0.2) is 52.7 Å². The fourth-order valence-electron chi connectivity index (χ4n) is 1.95. The van der Waals surface area contributed by atoms with Crippen LogP contribution in [0, 0.1) is 17.5 Å². The number of benzene rings is 2. The predicted octanol–water partition coefficient (Wildman–Crippen LogP) is 4.96. The third-order valence-corrected chi connectivity index (χ3v) is 4.92. The van der Waals surface area contributed by atoms with Gasteiger partial charge in [0, 0.05) is 15.8 Å². The van der Waals surface area contributed by atoms with E-state index in [1.807, 2.05) is 0 Å². The van der Waals surface area contributed by atoms with Gasteiger partial charge in [-0.3, -0.25) is 4.79 Å². The highest BCUT2D eigenvalue weighted by molar-refractivity contribution is 8.00. The van der Waals surface area contributed by atoms with Crippen LogP contribution >= 0.6 is 23.1 Å². The molecule has 0 bridgehead atoms. The minimum atomic E-state index is -0.952. The van der Waals surface area contributed by atoms with Crippen molar-refractivity contribution in [2.45, 2.75) is 4.90 Å². The summed E-state index contributed by atoms with van der Waals surface area (Å²) in [7, 11) is 0. The van der Waals surface area contributed by atoms with Gasteiger partial charge in [0.1, 0.15) is 5.82 Å². The maximum absolute atomic E-state index is 13.3. The largest absolute Gasteiger partial charge is 0.301 e. The lowest BCUT2D eigenvalue weighted by Crippen LogP contribution is -2.13. The van der Waals surface area contributed by atoms with Crippen LogP contribution in [0.1, 0.15) is 0 Å². The second-order valence-corrected chi connectivity index (χ2v) is 6.86. The minimum absolute atomic E-state index is 0.145. The predicted molar refractivity (Wildman–Crippen MR) is 93.2 cm³/mol. The van der Waals surface area contributed by atoms with Gasteiger partial charge >= 0.3 is 0 Å². The number of hydrogen-bond donors (Lipinski definition) is 1. The Morgan fingerprint density at radius 1 is 1.08 bits per heavy atom. The third kappa shape index (κ3) is 4.61. The Labute approximate surface area is 149 Å². The van der Waals surface area contributed by atoms with E-state index >= 15 is 0 Å². The van der Waals surface area contributed by atoms with Gasteiger partial charge in [0.15, 0.2) is 16.8 Å². The molecule has 25 heavy (non-hydrogen) atoms. The van der Waals surface area contributed by atoms with E-state index in [0.29, 0.717) is 16.4 Å². The fourth-order valence-corrected chi connectivity index (χ4v) is 3.39. The quantitative estimate of drug-likeness (QED) is 0.636. The van der Waals surface area contributed by atoms with Crippen LogP contribution in [-0.2, 0) is 4.79 Å². The summed E-state index contributed by atoms with van der Waals surface area (Å²) in [5, 5.41) is 4.66. The van der Waals surface area contributed by atoms with Crippen molar-refractivity contribution in [3.63, 3.8) is 0 Å². The molecule has 0 aliphatic heterocycles. The van der Waals surface area contributed by atoms with Crippen molar-refractivity contribution in [3.05, 3.63) is 65.3 Å². The summed E-state index contributed by atoms with van der Waals surface area (Å²) in [6.45, 7) is 0. The van der Waals surface area contributed by atoms with E-state index < -0.39 is 11.6 Å². The molecular weight excluding hydrogens is 369 g/mol. The summed E-state index contributed by atoms with van der Waals surface area (Å²) in [5.41, 5.74) is 0.877. The molecule has 1 N–H and O–H groups in total. The maximum atomic E-state index is 13.3. The number of amides is 1. The van der Waals surface area contributed by atoms with E-state index in [9.17, 15) is 18.0 Å². The highest BCUT2D eigenvalue weighted by Crippen LogP contribution is 2.26. The number of rotatable bonds is 5. The topological polar surface area (TPSA) is 42.0 Å². The fraction of sp³-hybridized carbons (Fsp3) is 0.0588. The first-order chi connectivity index (χ1) is 12.0. The second kappa shape index (κ2) is 7.71. The standard InChI is InChI=1S/C17H11F3N2OS2/c18-11-2-4-12(5-3-11)24-9-16(23)22-17-21-15(8-25-17)10-1-6-13(19)14(20)7-10/h1-8H,9H2,(H,21,22,23). The molecule has 1 aromatic heterocycles. The number of thiazole rings is 1. The maximum Gasteiger partial charge on any atom is 0.236 e. The van der Waals surface area contributed by atoms with E-state index in [0.717, 1.165) is 17.0 Å². The van der Waals surface area contributed by atoms with Crippen LogP contribution in [0.25, 0.3) is 11.3 Å². The lowest BCUT2D eigenvalue weighted by molar-refractivity contribution is -0.113. The summed E-state index contributed by atoms with van der Waals surface area (Å²) in [4.78, 5) is 16.9. The number of carbonyl (C=O) groups is 1. The highest BCUT2D eigenvalue weighted by Gasteiger charge is 2.10. The molecule has 8 heteroatoms. The van der Waals surface area contributed by atoms with Crippen molar-refractivity contribution in [3.8, 4) is 11.3 Å². The molecule has 0 fully saturated rings. The van der Waals surface area contributed by atoms with Crippen LogP contribution in [-0.4, -0.2) is 16.6 Å². The summed E-state index contributed by atoms with van der Waals surface area (Å²) in [6.07, 6.45) is 0. The molecule has 3 nitrogen and oxygen atoms in total. The van der Waals surface area contributed by atoms with Crippen molar-refractivity contribution in [1.82, 2.24) is 4.98 Å². The molecule has 0 unspecified atom stereocenters. The van der Waals surface area contributed by atoms with Gasteiger partial charge in [-0.1, -0.05) is 0 Å². The highest BCUT2D eigenvalue weighted by atomic mass is 32.2. The Hall–Kier alpha value is -2.32. The van der Waals surface area contributed by atoms with Crippen molar-refractivity contribution < 1.29 is 18.0 Å². The van der Waals surface area contributed by atoms with Gasteiger partial charge in [-0.2, -0.15) is 0 Å². The number of carbonyl (C=O) groups excluding carboxylic acids is 1. The molecule has 3 aromatic rings. The smallest absolute Gasteiger partial charge is 0.236 e. The first kappa shape index (κ1) is 17.5. The number of hydrogen-bond acceptors (Lipinski definition) is 4. The van der Waals surface area contributed by atoms with Gasteiger partial charge in [0.05, 0.1) is 11.4 Å². The van der Waals surface area contributed by atoms with Crippen molar-refractivity contribution in [2.24, 2.45) is 0 Å².